The van der Waals surface area contributed by atoms with Gasteiger partial charge < -0.3 is 10.0 Å². The third-order valence-corrected chi connectivity index (χ3v) is 2.34. The standard InChI is InChI=1S/C11H12N2O2/c1-7-5-13(6-7)10-4-9(11(14)15)3-8(2)12-10/h3-4H,1,5-6H2,2H3,(H,14,15). The van der Waals surface area contributed by atoms with Crippen LogP contribution in [-0.4, -0.2) is 29.1 Å². The summed E-state index contributed by atoms with van der Waals surface area (Å²) in [6.45, 7) is 7.17. The van der Waals surface area contributed by atoms with E-state index in [0.29, 0.717) is 0 Å². The number of carboxylic acids is 1. The molecule has 1 aromatic heterocycles. The summed E-state index contributed by atoms with van der Waals surface area (Å²) < 4.78 is 0. The van der Waals surface area contributed by atoms with E-state index in [1.807, 2.05) is 4.90 Å². The lowest BCUT2D eigenvalue weighted by Gasteiger charge is -2.34. The molecule has 0 aliphatic carbocycles. The summed E-state index contributed by atoms with van der Waals surface area (Å²) in [5, 5.41) is 8.89. The van der Waals surface area contributed by atoms with E-state index in [0.717, 1.165) is 30.2 Å². The number of anilines is 1. The van der Waals surface area contributed by atoms with Crippen LogP contribution >= 0.6 is 0 Å². The van der Waals surface area contributed by atoms with E-state index in [9.17, 15) is 4.79 Å². The first-order chi connectivity index (χ1) is 7.06. The summed E-state index contributed by atoms with van der Waals surface area (Å²) in [7, 11) is 0. The van der Waals surface area contributed by atoms with Gasteiger partial charge in [0.25, 0.3) is 0 Å². The number of hydrogen-bond acceptors (Lipinski definition) is 3. The lowest BCUT2D eigenvalue weighted by atomic mass is 10.1. The molecular weight excluding hydrogens is 192 g/mol. The molecule has 1 aliphatic heterocycles. The molecule has 2 rings (SSSR count). The number of carboxylic acid groups (broad SMARTS) is 1. The number of aryl methyl sites for hydroxylation is 1. The fourth-order valence-corrected chi connectivity index (χ4v) is 1.59. The van der Waals surface area contributed by atoms with E-state index >= 15 is 0 Å². The molecule has 1 saturated heterocycles. The Morgan fingerprint density at radius 3 is 2.73 bits per heavy atom. The predicted octanol–water partition coefficient (Wildman–Crippen LogP) is 1.46. The van der Waals surface area contributed by atoms with E-state index in [-0.39, 0.29) is 5.56 Å². The minimum atomic E-state index is -0.916. The van der Waals surface area contributed by atoms with Crippen LogP contribution in [0.25, 0.3) is 0 Å². The fraction of sp³-hybridized carbons (Fsp3) is 0.273. The van der Waals surface area contributed by atoms with Gasteiger partial charge in [0.05, 0.1) is 5.56 Å². The molecule has 1 fully saturated rings. The van der Waals surface area contributed by atoms with Crippen LogP contribution in [0.5, 0.6) is 0 Å². The monoisotopic (exact) mass is 204 g/mol. The Bertz CT molecular complexity index is 432. The zero-order valence-electron chi connectivity index (χ0n) is 8.53. The molecule has 0 spiro atoms. The van der Waals surface area contributed by atoms with Crippen LogP contribution in [0.15, 0.2) is 24.3 Å². The normalized spacial score (nSPS) is 15.0. The Labute approximate surface area is 87.9 Å². The lowest BCUT2D eigenvalue weighted by molar-refractivity contribution is 0.0696. The predicted molar refractivity (Wildman–Crippen MR) is 57.3 cm³/mol. The van der Waals surface area contributed by atoms with Gasteiger partial charge in [-0.2, -0.15) is 0 Å². The highest BCUT2D eigenvalue weighted by molar-refractivity contribution is 5.88. The Morgan fingerprint density at radius 2 is 2.20 bits per heavy atom. The van der Waals surface area contributed by atoms with Gasteiger partial charge in [0.1, 0.15) is 5.82 Å². The summed E-state index contributed by atoms with van der Waals surface area (Å²) in [5.41, 5.74) is 2.16. The van der Waals surface area contributed by atoms with E-state index < -0.39 is 5.97 Å². The number of pyridine rings is 1. The Kier molecular flexibility index (Phi) is 2.19. The van der Waals surface area contributed by atoms with Crippen molar-refractivity contribution in [2.75, 3.05) is 18.0 Å². The highest BCUT2D eigenvalue weighted by atomic mass is 16.4. The Balaban J connectivity index is 2.31. The summed E-state index contributed by atoms with van der Waals surface area (Å²) in [6.07, 6.45) is 0. The van der Waals surface area contributed by atoms with Crippen molar-refractivity contribution in [1.82, 2.24) is 4.98 Å². The SMILES string of the molecule is C=C1CN(c2cc(C(=O)O)cc(C)n2)C1. The molecule has 4 nitrogen and oxygen atoms in total. The van der Waals surface area contributed by atoms with Gasteiger partial charge in [-0.25, -0.2) is 9.78 Å². The van der Waals surface area contributed by atoms with Crippen molar-refractivity contribution in [2.24, 2.45) is 0 Å². The molecule has 0 amide bonds. The summed E-state index contributed by atoms with van der Waals surface area (Å²) in [6, 6.07) is 3.17. The molecule has 0 bridgehead atoms. The summed E-state index contributed by atoms with van der Waals surface area (Å²) >= 11 is 0. The molecule has 1 aliphatic rings. The van der Waals surface area contributed by atoms with Crippen LogP contribution in [0.1, 0.15) is 16.1 Å². The topological polar surface area (TPSA) is 53.4 Å². The van der Waals surface area contributed by atoms with Gasteiger partial charge in [0, 0.05) is 18.8 Å². The van der Waals surface area contributed by atoms with Gasteiger partial charge in [-0.05, 0) is 24.6 Å². The van der Waals surface area contributed by atoms with E-state index in [1.54, 1.807) is 19.1 Å². The third kappa shape index (κ3) is 1.83. The average molecular weight is 204 g/mol. The molecule has 1 aromatic rings. The van der Waals surface area contributed by atoms with Crippen molar-refractivity contribution in [1.29, 1.82) is 0 Å². The van der Waals surface area contributed by atoms with E-state index in [1.165, 1.54) is 0 Å². The molecule has 0 unspecified atom stereocenters. The number of carbonyl (C=O) groups is 1. The molecule has 0 aromatic carbocycles. The van der Waals surface area contributed by atoms with Crippen molar-refractivity contribution in [3.63, 3.8) is 0 Å². The van der Waals surface area contributed by atoms with Gasteiger partial charge in [0.15, 0.2) is 0 Å². The van der Waals surface area contributed by atoms with Crippen molar-refractivity contribution < 1.29 is 9.90 Å². The maximum absolute atomic E-state index is 10.8. The van der Waals surface area contributed by atoms with Crippen LogP contribution in [0.2, 0.25) is 0 Å². The second-order valence-corrected chi connectivity index (χ2v) is 3.77. The molecule has 2 heterocycles. The third-order valence-electron chi connectivity index (χ3n) is 2.34. The average Bonchev–Trinajstić information content (AvgIpc) is 2.12. The van der Waals surface area contributed by atoms with Gasteiger partial charge in [-0.15, -0.1) is 0 Å². The number of nitrogens with zero attached hydrogens (tertiary/aromatic N) is 2. The van der Waals surface area contributed by atoms with E-state index in [4.69, 9.17) is 5.11 Å². The first kappa shape index (κ1) is 9.71. The first-order valence-electron chi connectivity index (χ1n) is 4.70. The zero-order valence-corrected chi connectivity index (χ0v) is 8.53. The molecular formula is C11H12N2O2. The van der Waals surface area contributed by atoms with Gasteiger partial charge in [-0.3, -0.25) is 0 Å². The maximum atomic E-state index is 10.8. The molecule has 78 valence electrons. The fourth-order valence-electron chi connectivity index (χ4n) is 1.59. The number of aromatic carboxylic acids is 1. The molecule has 1 N–H and O–H groups in total. The highest BCUT2D eigenvalue weighted by Gasteiger charge is 2.20. The first-order valence-corrected chi connectivity index (χ1v) is 4.70. The molecule has 4 heteroatoms. The zero-order chi connectivity index (χ0) is 11.0. The van der Waals surface area contributed by atoms with Crippen LogP contribution in [0.3, 0.4) is 0 Å². The molecule has 15 heavy (non-hydrogen) atoms. The maximum Gasteiger partial charge on any atom is 0.335 e. The smallest absolute Gasteiger partial charge is 0.335 e. The number of aromatic nitrogens is 1. The van der Waals surface area contributed by atoms with Gasteiger partial charge >= 0.3 is 5.97 Å². The number of hydrogen-bond donors (Lipinski definition) is 1. The Morgan fingerprint density at radius 1 is 1.53 bits per heavy atom. The van der Waals surface area contributed by atoms with Gasteiger partial charge in [-0.1, -0.05) is 6.58 Å². The molecule has 0 saturated carbocycles. The number of rotatable bonds is 2. The van der Waals surface area contributed by atoms with Crippen LogP contribution in [0.4, 0.5) is 5.82 Å². The summed E-state index contributed by atoms with van der Waals surface area (Å²) in [5.74, 6) is -0.194. The van der Waals surface area contributed by atoms with Crippen molar-refractivity contribution in [3.8, 4) is 0 Å². The van der Waals surface area contributed by atoms with Crippen LogP contribution in [0, 0.1) is 6.92 Å². The lowest BCUT2D eigenvalue weighted by Crippen LogP contribution is -2.40. The minimum Gasteiger partial charge on any atom is -0.478 e. The quantitative estimate of drug-likeness (QED) is 0.741. The molecule has 0 atom stereocenters. The highest BCUT2D eigenvalue weighted by Crippen LogP contribution is 2.22. The second kappa shape index (κ2) is 3.38. The van der Waals surface area contributed by atoms with Crippen molar-refractivity contribution >= 4 is 11.8 Å². The van der Waals surface area contributed by atoms with E-state index in [2.05, 4.69) is 11.6 Å². The largest absolute Gasteiger partial charge is 0.478 e. The Hall–Kier alpha value is -1.84. The van der Waals surface area contributed by atoms with Crippen molar-refractivity contribution in [3.05, 3.63) is 35.5 Å². The molecule has 0 radical (unpaired) electrons. The van der Waals surface area contributed by atoms with Crippen molar-refractivity contribution in [2.45, 2.75) is 6.92 Å². The van der Waals surface area contributed by atoms with Crippen LogP contribution in [-0.2, 0) is 0 Å². The minimum absolute atomic E-state index is 0.287. The second-order valence-electron chi connectivity index (χ2n) is 3.77. The van der Waals surface area contributed by atoms with Crippen LogP contribution < -0.4 is 4.90 Å². The van der Waals surface area contributed by atoms with Gasteiger partial charge in [0.2, 0.25) is 0 Å². The summed E-state index contributed by atoms with van der Waals surface area (Å²) in [4.78, 5) is 17.1.